The Hall–Kier alpha value is -0.880. The molecular formula is C8H9. The molecule has 0 saturated carbocycles. The predicted molar refractivity (Wildman–Crippen MR) is 35.7 cm³/mol. The lowest BCUT2D eigenvalue weighted by molar-refractivity contribution is 0.695. The summed E-state index contributed by atoms with van der Waals surface area (Å²) in [4.78, 5) is 0. The molecule has 1 radical (unpaired) electrons. The molecule has 0 aromatic carbocycles. The third-order valence-electron chi connectivity index (χ3n) is 0.813. The Bertz CT molecular complexity index is 104. The summed E-state index contributed by atoms with van der Waals surface area (Å²) >= 11 is 0. The van der Waals surface area contributed by atoms with E-state index >= 15 is 0 Å². The molecule has 0 amide bonds. The van der Waals surface area contributed by atoms with Gasteiger partial charge in [-0.15, -0.1) is 24.7 Å². The summed E-state index contributed by atoms with van der Waals surface area (Å²) in [7, 11) is 0. The molecule has 0 rings (SSSR count). The Morgan fingerprint density at radius 1 is 1.25 bits per heavy atom. The average molecular weight is 105 g/mol. The first-order valence-electron chi connectivity index (χ1n) is 2.51. The molecule has 0 atom stereocenters. The third kappa shape index (κ3) is 3.32. The molecular weight excluding hydrogens is 96.1 g/mol. The number of rotatable bonds is 2. The van der Waals surface area contributed by atoms with Gasteiger partial charge in [0.05, 0.1) is 0 Å². The van der Waals surface area contributed by atoms with Gasteiger partial charge in [0.1, 0.15) is 0 Å². The summed E-state index contributed by atoms with van der Waals surface area (Å²) in [5, 5.41) is 0. The van der Waals surface area contributed by atoms with E-state index in [0.717, 1.165) is 0 Å². The van der Waals surface area contributed by atoms with Crippen molar-refractivity contribution in [1.82, 2.24) is 0 Å². The van der Waals surface area contributed by atoms with Crippen LogP contribution in [-0.4, -0.2) is 0 Å². The Morgan fingerprint density at radius 3 is 1.88 bits per heavy atom. The van der Waals surface area contributed by atoms with E-state index in [1.807, 2.05) is 0 Å². The maximum Gasteiger partial charge on any atom is 0.0123 e. The van der Waals surface area contributed by atoms with Crippen LogP contribution < -0.4 is 0 Å². The largest absolute Gasteiger partial charge is 0.120 e. The van der Waals surface area contributed by atoms with Crippen LogP contribution in [0.15, 0.2) is 0 Å². The maximum absolute atomic E-state index is 5.00. The second-order valence-corrected chi connectivity index (χ2v) is 1.68. The van der Waals surface area contributed by atoms with E-state index in [2.05, 4.69) is 18.8 Å². The van der Waals surface area contributed by atoms with Crippen molar-refractivity contribution in [2.45, 2.75) is 12.8 Å². The summed E-state index contributed by atoms with van der Waals surface area (Å²) < 4.78 is 0. The molecule has 0 fully saturated rings. The molecule has 0 heterocycles. The molecule has 0 aromatic rings. The maximum atomic E-state index is 5.00. The molecule has 41 valence electrons. The summed E-state index contributed by atoms with van der Waals surface area (Å²) in [6, 6.07) is 0. The smallest absolute Gasteiger partial charge is 0.0123 e. The fourth-order valence-electron chi connectivity index (χ4n) is 0.406. The minimum Gasteiger partial charge on any atom is -0.120 e. The van der Waals surface area contributed by atoms with Crippen LogP contribution in [-0.2, 0) is 0 Å². The Balaban J connectivity index is 3.25. The number of terminal acetylenes is 2. The molecule has 0 unspecified atom stereocenters. The van der Waals surface area contributed by atoms with E-state index in [1.54, 1.807) is 0 Å². The quantitative estimate of drug-likeness (QED) is 0.467. The fraction of sp³-hybridized carbons (Fsp3) is 0.375. The lowest BCUT2D eigenvalue weighted by Gasteiger charge is -1.97. The lowest BCUT2D eigenvalue weighted by atomic mass is 10.1. The zero-order valence-corrected chi connectivity index (χ0v) is 4.85. The topological polar surface area (TPSA) is 0 Å². The van der Waals surface area contributed by atoms with Crippen molar-refractivity contribution in [2.24, 2.45) is 5.92 Å². The molecule has 0 saturated heterocycles. The molecule has 0 nitrogen and oxygen atoms in total. The van der Waals surface area contributed by atoms with Crippen LogP contribution in [0.4, 0.5) is 0 Å². The van der Waals surface area contributed by atoms with Gasteiger partial charge in [0.25, 0.3) is 0 Å². The zero-order chi connectivity index (χ0) is 6.41. The van der Waals surface area contributed by atoms with Crippen LogP contribution in [0.3, 0.4) is 0 Å². The van der Waals surface area contributed by atoms with Gasteiger partial charge >= 0.3 is 0 Å². The highest BCUT2D eigenvalue weighted by Crippen LogP contribution is 2.02. The Kier molecular flexibility index (Phi) is 3.81. The van der Waals surface area contributed by atoms with Crippen molar-refractivity contribution in [3.05, 3.63) is 6.92 Å². The SMILES string of the molecule is C#CCC([CH2])CC#C. The first-order chi connectivity index (χ1) is 3.81. The average Bonchev–Trinajstić information content (AvgIpc) is 1.68. The van der Waals surface area contributed by atoms with Crippen LogP contribution in [0.25, 0.3) is 0 Å². The summed E-state index contributed by atoms with van der Waals surface area (Å²) in [5.74, 6) is 5.23. The Morgan fingerprint density at radius 2 is 1.62 bits per heavy atom. The van der Waals surface area contributed by atoms with Crippen molar-refractivity contribution in [3.8, 4) is 24.7 Å². The van der Waals surface area contributed by atoms with E-state index in [9.17, 15) is 0 Å². The fourth-order valence-corrected chi connectivity index (χ4v) is 0.406. The van der Waals surface area contributed by atoms with Crippen molar-refractivity contribution >= 4 is 0 Å². The van der Waals surface area contributed by atoms with Gasteiger partial charge in [-0.1, -0.05) is 0 Å². The molecule has 0 N–H and O–H groups in total. The highest BCUT2D eigenvalue weighted by atomic mass is 14.0. The standard InChI is InChI=1S/C8H9/c1-4-6-8(3)7-5-2/h1-2,8H,3,6-7H2. The zero-order valence-electron chi connectivity index (χ0n) is 4.85. The van der Waals surface area contributed by atoms with Crippen LogP contribution >= 0.6 is 0 Å². The summed E-state index contributed by atoms with van der Waals surface area (Å²) in [6.07, 6.45) is 11.4. The van der Waals surface area contributed by atoms with E-state index in [4.69, 9.17) is 12.8 Å². The normalized spacial score (nSPS) is 8.00. The van der Waals surface area contributed by atoms with E-state index in [0.29, 0.717) is 12.8 Å². The Labute approximate surface area is 51.3 Å². The van der Waals surface area contributed by atoms with Gasteiger partial charge in [0.2, 0.25) is 0 Å². The third-order valence-corrected chi connectivity index (χ3v) is 0.813. The van der Waals surface area contributed by atoms with Crippen LogP contribution in [0, 0.1) is 37.5 Å². The highest BCUT2D eigenvalue weighted by Gasteiger charge is 1.93. The first-order valence-corrected chi connectivity index (χ1v) is 2.51. The predicted octanol–water partition coefficient (Wildman–Crippen LogP) is 1.48. The van der Waals surface area contributed by atoms with E-state index in [-0.39, 0.29) is 5.92 Å². The monoisotopic (exact) mass is 105 g/mol. The second-order valence-electron chi connectivity index (χ2n) is 1.68. The molecule has 0 aliphatic heterocycles. The van der Waals surface area contributed by atoms with Crippen molar-refractivity contribution in [1.29, 1.82) is 0 Å². The number of hydrogen-bond donors (Lipinski definition) is 0. The minimum atomic E-state index is 0.241. The first kappa shape index (κ1) is 7.12. The van der Waals surface area contributed by atoms with Crippen LogP contribution in [0.1, 0.15) is 12.8 Å². The second kappa shape index (κ2) is 4.28. The molecule has 0 bridgehead atoms. The summed E-state index contributed by atoms with van der Waals surface area (Å²) in [5.41, 5.74) is 0. The molecule has 0 heteroatoms. The molecule has 0 aliphatic carbocycles. The van der Waals surface area contributed by atoms with Crippen molar-refractivity contribution in [3.63, 3.8) is 0 Å². The van der Waals surface area contributed by atoms with E-state index in [1.165, 1.54) is 0 Å². The van der Waals surface area contributed by atoms with Crippen molar-refractivity contribution < 1.29 is 0 Å². The number of hydrogen-bond acceptors (Lipinski definition) is 0. The van der Waals surface area contributed by atoms with Gasteiger partial charge in [-0.2, -0.15) is 0 Å². The van der Waals surface area contributed by atoms with Gasteiger partial charge in [-0.25, -0.2) is 0 Å². The van der Waals surface area contributed by atoms with Crippen LogP contribution in [0.5, 0.6) is 0 Å². The van der Waals surface area contributed by atoms with Gasteiger partial charge in [0.15, 0.2) is 0 Å². The van der Waals surface area contributed by atoms with Gasteiger partial charge in [-0.3, -0.25) is 0 Å². The van der Waals surface area contributed by atoms with Crippen molar-refractivity contribution in [2.75, 3.05) is 0 Å². The van der Waals surface area contributed by atoms with Gasteiger partial charge in [0, 0.05) is 12.8 Å². The van der Waals surface area contributed by atoms with E-state index < -0.39 is 0 Å². The molecule has 0 spiro atoms. The lowest BCUT2D eigenvalue weighted by Crippen LogP contribution is -1.89. The minimum absolute atomic E-state index is 0.241. The van der Waals surface area contributed by atoms with Gasteiger partial charge < -0.3 is 0 Å². The highest BCUT2D eigenvalue weighted by molar-refractivity contribution is 4.94. The molecule has 0 aromatic heterocycles. The van der Waals surface area contributed by atoms with Crippen LogP contribution in [0.2, 0.25) is 0 Å². The molecule has 8 heavy (non-hydrogen) atoms. The van der Waals surface area contributed by atoms with Gasteiger partial charge in [-0.05, 0) is 12.8 Å². The molecule has 0 aliphatic rings. The summed E-state index contributed by atoms with van der Waals surface area (Å²) in [6.45, 7) is 3.73.